The molecular weight excluding hydrogens is 308 g/mol. The zero-order valence-electron chi connectivity index (χ0n) is 14.0. The van der Waals surface area contributed by atoms with E-state index in [9.17, 15) is 0 Å². The summed E-state index contributed by atoms with van der Waals surface area (Å²) in [5, 5.41) is 5.05. The number of hydrogen-bond donors (Lipinski definition) is 0. The van der Waals surface area contributed by atoms with Gasteiger partial charge >= 0.3 is 0 Å². The van der Waals surface area contributed by atoms with Gasteiger partial charge in [-0.2, -0.15) is 4.98 Å². The van der Waals surface area contributed by atoms with Gasteiger partial charge in [-0.1, -0.05) is 17.3 Å². The Labute approximate surface area is 140 Å². The first kappa shape index (κ1) is 16.4. The van der Waals surface area contributed by atoms with Gasteiger partial charge in [0.15, 0.2) is 5.82 Å². The van der Waals surface area contributed by atoms with Crippen LogP contribution in [0.15, 0.2) is 35.0 Å². The van der Waals surface area contributed by atoms with E-state index in [2.05, 4.69) is 32.2 Å². The van der Waals surface area contributed by atoms with Crippen LogP contribution < -0.4 is 4.74 Å². The predicted octanol–water partition coefficient (Wildman–Crippen LogP) is 2.40. The van der Waals surface area contributed by atoms with Crippen LogP contribution in [0.5, 0.6) is 5.75 Å². The van der Waals surface area contributed by atoms with Gasteiger partial charge in [0.1, 0.15) is 17.9 Å². The SMILES string of the molecule is COCc1nc(CN(C)Cc2ccc(OC)c3ncccc23)no1. The predicted molar refractivity (Wildman–Crippen MR) is 88.5 cm³/mol. The van der Waals surface area contributed by atoms with Crippen LogP contribution in [0, 0.1) is 0 Å². The third-order valence-electron chi connectivity index (χ3n) is 3.67. The Hall–Kier alpha value is -2.51. The molecule has 2 heterocycles. The Morgan fingerprint density at radius 2 is 2.04 bits per heavy atom. The number of rotatable bonds is 7. The molecule has 0 N–H and O–H groups in total. The van der Waals surface area contributed by atoms with Gasteiger partial charge in [-0.25, -0.2) is 0 Å². The lowest BCUT2D eigenvalue weighted by Gasteiger charge is -2.16. The molecule has 0 saturated heterocycles. The number of nitrogens with zero attached hydrogens (tertiary/aromatic N) is 4. The summed E-state index contributed by atoms with van der Waals surface area (Å²) in [6.45, 7) is 1.65. The van der Waals surface area contributed by atoms with Crippen LogP contribution in [0.2, 0.25) is 0 Å². The molecule has 0 spiro atoms. The molecule has 3 rings (SSSR count). The molecule has 0 amide bonds. The van der Waals surface area contributed by atoms with Crippen LogP contribution in [0.1, 0.15) is 17.3 Å². The summed E-state index contributed by atoms with van der Waals surface area (Å²) in [6.07, 6.45) is 1.77. The van der Waals surface area contributed by atoms with E-state index in [1.807, 2.05) is 19.2 Å². The fraction of sp³-hybridized carbons (Fsp3) is 0.353. The van der Waals surface area contributed by atoms with Gasteiger partial charge in [-0.3, -0.25) is 9.88 Å². The lowest BCUT2D eigenvalue weighted by atomic mass is 10.1. The van der Waals surface area contributed by atoms with Crippen LogP contribution >= 0.6 is 0 Å². The van der Waals surface area contributed by atoms with E-state index in [0.717, 1.165) is 23.2 Å². The zero-order chi connectivity index (χ0) is 16.9. The molecule has 0 aliphatic rings. The largest absolute Gasteiger partial charge is 0.494 e. The highest BCUT2D eigenvalue weighted by atomic mass is 16.5. The van der Waals surface area contributed by atoms with Crippen LogP contribution in [0.3, 0.4) is 0 Å². The molecule has 1 aromatic carbocycles. The van der Waals surface area contributed by atoms with Crippen LogP contribution in [-0.2, 0) is 24.4 Å². The number of benzene rings is 1. The van der Waals surface area contributed by atoms with Crippen molar-refractivity contribution in [2.75, 3.05) is 21.3 Å². The lowest BCUT2D eigenvalue weighted by molar-refractivity contribution is 0.151. The molecule has 0 aliphatic heterocycles. The first-order chi connectivity index (χ1) is 11.7. The number of hydrogen-bond acceptors (Lipinski definition) is 7. The second-order valence-electron chi connectivity index (χ2n) is 5.54. The minimum absolute atomic E-state index is 0.325. The van der Waals surface area contributed by atoms with Gasteiger partial charge in [0.2, 0.25) is 0 Å². The highest BCUT2D eigenvalue weighted by Gasteiger charge is 2.12. The van der Waals surface area contributed by atoms with Gasteiger partial charge in [0, 0.05) is 25.2 Å². The van der Waals surface area contributed by atoms with Crippen molar-refractivity contribution in [1.29, 1.82) is 0 Å². The lowest BCUT2D eigenvalue weighted by Crippen LogP contribution is -2.18. The third-order valence-corrected chi connectivity index (χ3v) is 3.67. The fourth-order valence-electron chi connectivity index (χ4n) is 2.63. The van der Waals surface area contributed by atoms with Crippen molar-refractivity contribution in [1.82, 2.24) is 20.0 Å². The van der Waals surface area contributed by atoms with Gasteiger partial charge in [-0.15, -0.1) is 0 Å². The number of pyridine rings is 1. The number of aromatic nitrogens is 3. The van der Waals surface area contributed by atoms with E-state index < -0.39 is 0 Å². The number of fused-ring (bicyclic) bond motifs is 1. The maximum Gasteiger partial charge on any atom is 0.252 e. The van der Waals surface area contributed by atoms with Crippen molar-refractivity contribution in [3.05, 3.63) is 47.7 Å². The van der Waals surface area contributed by atoms with Crippen LogP contribution in [-0.4, -0.2) is 41.3 Å². The summed E-state index contributed by atoms with van der Waals surface area (Å²) in [5.74, 6) is 1.90. The second-order valence-corrected chi connectivity index (χ2v) is 5.54. The van der Waals surface area contributed by atoms with Gasteiger partial charge in [0.25, 0.3) is 5.89 Å². The summed E-state index contributed by atoms with van der Waals surface area (Å²) in [5.41, 5.74) is 2.04. The summed E-state index contributed by atoms with van der Waals surface area (Å²) >= 11 is 0. The van der Waals surface area contributed by atoms with Crippen LogP contribution in [0.25, 0.3) is 10.9 Å². The molecule has 0 fully saturated rings. The highest BCUT2D eigenvalue weighted by molar-refractivity contribution is 5.87. The van der Waals surface area contributed by atoms with Crippen molar-refractivity contribution in [3.63, 3.8) is 0 Å². The molecule has 0 unspecified atom stereocenters. The standard InChI is InChI=1S/C17H20N4O3/c1-21(10-15-19-16(11-22-2)24-20-15)9-12-6-7-14(23-3)17-13(12)5-4-8-18-17/h4-8H,9-11H2,1-3H3. The number of methoxy groups -OCH3 is 2. The summed E-state index contributed by atoms with van der Waals surface area (Å²) < 4.78 is 15.5. The quantitative estimate of drug-likeness (QED) is 0.659. The van der Waals surface area contributed by atoms with Crippen molar-refractivity contribution < 1.29 is 14.0 Å². The Balaban J connectivity index is 1.76. The Kier molecular flexibility index (Phi) is 5.02. The van der Waals surface area contributed by atoms with Crippen molar-refractivity contribution >= 4 is 10.9 Å². The smallest absolute Gasteiger partial charge is 0.252 e. The first-order valence-electron chi connectivity index (χ1n) is 7.60. The second kappa shape index (κ2) is 7.37. The molecule has 0 bridgehead atoms. The number of ether oxygens (including phenoxy) is 2. The van der Waals surface area contributed by atoms with E-state index in [4.69, 9.17) is 14.0 Å². The van der Waals surface area contributed by atoms with Crippen LogP contribution in [0.4, 0.5) is 0 Å². The molecule has 7 heteroatoms. The van der Waals surface area contributed by atoms with Gasteiger partial charge in [-0.05, 0) is 24.7 Å². The Bertz CT molecular complexity index is 818. The molecule has 0 atom stereocenters. The molecule has 3 aromatic rings. The van der Waals surface area contributed by atoms with Gasteiger partial charge in [0.05, 0.1) is 13.7 Å². The van der Waals surface area contributed by atoms with E-state index in [-0.39, 0.29) is 0 Å². The highest BCUT2D eigenvalue weighted by Crippen LogP contribution is 2.27. The average Bonchev–Trinajstić information content (AvgIpc) is 3.02. The summed E-state index contributed by atoms with van der Waals surface area (Å²) in [4.78, 5) is 10.8. The van der Waals surface area contributed by atoms with E-state index in [1.165, 1.54) is 5.56 Å². The topological polar surface area (TPSA) is 73.5 Å². The normalized spacial score (nSPS) is 11.3. The molecule has 24 heavy (non-hydrogen) atoms. The monoisotopic (exact) mass is 328 g/mol. The van der Waals surface area contributed by atoms with E-state index >= 15 is 0 Å². The maximum absolute atomic E-state index is 5.39. The zero-order valence-corrected chi connectivity index (χ0v) is 14.0. The van der Waals surface area contributed by atoms with E-state index in [0.29, 0.717) is 24.9 Å². The molecule has 0 saturated carbocycles. The summed E-state index contributed by atoms with van der Waals surface area (Å²) in [7, 11) is 5.26. The molecule has 7 nitrogen and oxygen atoms in total. The van der Waals surface area contributed by atoms with Crippen molar-refractivity contribution in [3.8, 4) is 5.75 Å². The fourth-order valence-corrected chi connectivity index (χ4v) is 2.63. The maximum atomic E-state index is 5.39. The molecule has 0 aliphatic carbocycles. The minimum Gasteiger partial charge on any atom is -0.494 e. The van der Waals surface area contributed by atoms with Crippen molar-refractivity contribution in [2.45, 2.75) is 19.7 Å². The summed E-state index contributed by atoms with van der Waals surface area (Å²) in [6, 6.07) is 8.00. The first-order valence-corrected chi connectivity index (χ1v) is 7.60. The Morgan fingerprint density at radius 1 is 1.17 bits per heavy atom. The molecule has 2 aromatic heterocycles. The Morgan fingerprint density at radius 3 is 2.83 bits per heavy atom. The minimum atomic E-state index is 0.325. The van der Waals surface area contributed by atoms with E-state index in [1.54, 1.807) is 20.4 Å². The average molecular weight is 328 g/mol. The van der Waals surface area contributed by atoms with Crippen molar-refractivity contribution in [2.24, 2.45) is 0 Å². The molecule has 0 radical (unpaired) electrons. The third kappa shape index (κ3) is 3.52. The molecule has 126 valence electrons. The van der Waals surface area contributed by atoms with Gasteiger partial charge < -0.3 is 14.0 Å². The molecular formula is C17H20N4O3.